The lowest BCUT2D eigenvalue weighted by atomic mass is 9.74. The summed E-state index contributed by atoms with van der Waals surface area (Å²) in [6.45, 7) is 12.0. The molecule has 41 heavy (non-hydrogen) atoms. The van der Waals surface area contributed by atoms with E-state index in [9.17, 15) is 19.5 Å². The van der Waals surface area contributed by atoms with Crippen molar-refractivity contribution in [3.8, 4) is 5.75 Å². The molecule has 0 radical (unpaired) electrons. The largest absolute Gasteiger partial charge is 0.494 e. The Labute approximate surface area is 247 Å². The summed E-state index contributed by atoms with van der Waals surface area (Å²) in [5.74, 6) is -0.833. The fraction of sp³-hybridized carbons (Fsp3) is 0.594. The van der Waals surface area contributed by atoms with Gasteiger partial charge in [-0.3, -0.25) is 14.4 Å². The first-order valence-corrected chi connectivity index (χ1v) is 15.6. The number of anilines is 1. The fourth-order valence-electron chi connectivity index (χ4n) is 7.06. The Morgan fingerprint density at radius 3 is 2.32 bits per heavy atom. The van der Waals surface area contributed by atoms with Crippen molar-refractivity contribution in [1.29, 1.82) is 0 Å². The Bertz CT molecular complexity index is 1240. The van der Waals surface area contributed by atoms with Gasteiger partial charge in [-0.1, -0.05) is 24.3 Å². The Balaban J connectivity index is 1.57. The van der Waals surface area contributed by atoms with Gasteiger partial charge >= 0.3 is 0 Å². The van der Waals surface area contributed by atoms with Gasteiger partial charge in [0.1, 0.15) is 11.8 Å². The van der Waals surface area contributed by atoms with E-state index in [4.69, 9.17) is 4.74 Å². The summed E-state index contributed by atoms with van der Waals surface area (Å²) in [5.41, 5.74) is 0.335. The second-order valence-corrected chi connectivity index (χ2v) is 14.4. The third kappa shape index (κ3) is 4.99. The van der Waals surface area contributed by atoms with E-state index in [-0.39, 0.29) is 24.3 Å². The molecule has 0 aromatic heterocycles. The molecule has 2 saturated heterocycles. The van der Waals surface area contributed by atoms with Crippen molar-refractivity contribution >= 4 is 35.2 Å². The van der Waals surface area contributed by atoms with Crippen LogP contribution in [0.15, 0.2) is 48.6 Å². The number of carbonyl (C=O) groups is 3. The highest BCUT2D eigenvalue weighted by atomic mass is 32.2. The number of hydrogen-bond donors (Lipinski definition) is 1. The molecule has 0 bridgehead atoms. The summed E-state index contributed by atoms with van der Waals surface area (Å²) in [5, 5.41) is 9.30. The molecular weight excluding hydrogens is 538 g/mol. The Hall–Kier alpha value is -2.78. The van der Waals surface area contributed by atoms with Crippen LogP contribution in [0.3, 0.4) is 0 Å². The standard InChI is InChI=1S/C32H43N3O5S/c1-6-40-23-14-12-22(13-15-23)33-19-10-16-31(5)24(27(33)37)25-28(38)34(18-8-7-9-21-36)26-29(39)35(30(2,3)4)20-11-17-32(25,26)41-31/h10-17,24-26,36H,6-9,18-21H2,1-5H3/t24-,25+,26?,31+,32+/m1/s1. The van der Waals surface area contributed by atoms with Crippen molar-refractivity contribution in [1.82, 2.24) is 9.80 Å². The molecule has 1 N–H and O–H groups in total. The normalized spacial score (nSPS) is 31.2. The second kappa shape index (κ2) is 11.1. The number of carbonyl (C=O) groups excluding carboxylic acids is 3. The number of amides is 3. The molecule has 4 aliphatic heterocycles. The van der Waals surface area contributed by atoms with E-state index in [1.54, 1.807) is 21.6 Å². The number of thioether (sulfide) groups is 1. The summed E-state index contributed by atoms with van der Waals surface area (Å²) < 4.78 is 4.09. The molecule has 5 rings (SSSR count). The van der Waals surface area contributed by atoms with Crippen LogP contribution in [0.4, 0.5) is 5.69 Å². The number of ether oxygens (including phenoxy) is 1. The number of benzene rings is 1. The van der Waals surface area contributed by atoms with Crippen molar-refractivity contribution in [2.75, 3.05) is 37.7 Å². The quantitative estimate of drug-likeness (QED) is 0.368. The number of likely N-dealkylation sites (tertiary alicyclic amines) is 1. The fourth-order valence-corrected chi connectivity index (χ4v) is 9.21. The minimum Gasteiger partial charge on any atom is -0.494 e. The molecule has 4 aliphatic rings. The van der Waals surface area contributed by atoms with Crippen LogP contribution < -0.4 is 9.64 Å². The van der Waals surface area contributed by atoms with Crippen molar-refractivity contribution in [3.63, 3.8) is 0 Å². The molecule has 1 spiro atoms. The van der Waals surface area contributed by atoms with Crippen LogP contribution >= 0.6 is 11.8 Å². The van der Waals surface area contributed by atoms with E-state index >= 15 is 0 Å². The monoisotopic (exact) mass is 581 g/mol. The highest BCUT2D eigenvalue weighted by Gasteiger charge is 2.74. The zero-order valence-electron chi connectivity index (χ0n) is 24.8. The van der Waals surface area contributed by atoms with E-state index in [1.807, 2.05) is 75.9 Å². The van der Waals surface area contributed by atoms with Gasteiger partial charge in [-0.15, -0.1) is 11.8 Å². The molecular formula is C32H43N3O5S. The number of hydrogen-bond acceptors (Lipinski definition) is 6. The van der Waals surface area contributed by atoms with Gasteiger partial charge in [0, 0.05) is 42.2 Å². The van der Waals surface area contributed by atoms with E-state index in [0.717, 1.165) is 17.9 Å². The number of fused-ring (bicyclic) bond motifs is 2. The number of rotatable bonds is 8. The zero-order chi connectivity index (χ0) is 29.6. The smallest absolute Gasteiger partial charge is 0.247 e. The van der Waals surface area contributed by atoms with E-state index in [0.29, 0.717) is 39.1 Å². The second-order valence-electron chi connectivity index (χ2n) is 12.6. The van der Waals surface area contributed by atoms with Gasteiger partial charge < -0.3 is 24.5 Å². The molecule has 222 valence electrons. The predicted octanol–water partition coefficient (Wildman–Crippen LogP) is 4.04. The molecule has 1 aromatic carbocycles. The van der Waals surface area contributed by atoms with E-state index in [2.05, 4.69) is 12.2 Å². The first kappa shape index (κ1) is 29.7. The zero-order valence-corrected chi connectivity index (χ0v) is 25.7. The molecule has 4 heterocycles. The van der Waals surface area contributed by atoms with Crippen molar-refractivity contribution < 1.29 is 24.2 Å². The Morgan fingerprint density at radius 1 is 0.951 bits per heavy atom. The molecule has 8 nitrogen and oxygen atoms in total. The minimum absolute atomic E-state index is 0.0622. The van der Waals surface area contributed by atoms with Crippen LogP contribution in [0.5, 0.6) is 5.75 Å². The van der Waals surface area contributed by atoms with Gasteiger partial charge in [-0.2, -0.15) is 0 Å². The maximum Gasteiger partial charge on any atom is 0.247 e. The average molecular weight is 582 g/mol. The molecule has 5 atom stereocenters. The van der Waals surface area contributed by atoms with Crippen LogP contribution in [-0.4, -0.2) is 86.6 Å². The highest BCUT2D eigenvalue weighted by molar-refractivity contribution is 8.02. The molecule has 0 aliphatic carbocycles. The lowest BCUT2D eigenvalue weighted by Crippen LogP contribution is -2.57. The predicted molar refractivity (Wildman–Crippen MR) is 162 cm³/mol. The maximum absolute atomic E-state index is 14.5. The summed E-state index contributed by atoms with van der Waals surface area (Å²) in [6, 6.07) is 6.81. The van der Waals surface area contributed by atoms with Gasteiger partial charge in [0.25, 0.3) is 0 Å². The van der Waals surface area contributed by atoms with Crippen LogP contribution in [0.25, 0.3) is 0 Å². The lowest BCUT2D eigenvalue weighted by Gasteiger charge is -2.41. The SMILES string of the molecule is CCOc1ccc(N2CC=C[C@]3(C)S[C@]45C=CCN(C(C)(C)C)C(=O)C4N(CCCCCO)C(=O)[C@@H]5[C@@H]3C2=O)cc1. The third-order valence-electron chi connectivity index (χ3n) is 8.88. The maximum atomic E-state index is 14.5. The number of nitrogens with zero attached hydrogens (tertiary/aromatic N) is 3. The summed E-state index contributed by atoms with van der Waals surface area (Å²) in [4.78, 5) is 48.8. The van der Waals surface area contributed by atoms with E-state index in [1.165, 1.54) is 0 Å². The molecule has 0 saturated carbocycles. The Morgan fingerprint density at radius 2 is 1.66 bits per heavy atom. The molecule has 3 amide bonds. The van der Waals surface area contributed by atoms with Crippen molar-refractivity contribution in [3.05, 3.63) is 48.6 Å². The first-order valence-electron chi connectivity index (χ1n) is 14.8. The van der Waals surface area contributed by atoms with Gasteiger partial charge in [-0.25, -0.2) is 0 Å². The summed E-state index contributed by atoms with van der Waals surface area (Å²) in [6.07, 6.45) is 10.3. The number of aliphatic hydroxyl groups is 1. The Kier molecular flexibility index (Phi) is 8.07. The molecule has 1 unspecified atom stereocenters. The van der Waals surface area contributed by atoms with Crippen molar-refractivity contribution in [2.45, 2.75) is 75.0 Å². The van der Waals surface area contributed by atoms with Gasteiger partial charge in [-0.05, 0) is 78.1 Å². The number of aliphatic hydroxyl groups excluding tert-OH is 1. The average Bonchev–Trinajstić information content (AvgIpc) is 3.17. The summed E-state index contributed by atoms with van der Waals surface area (Å²) in [7, 11) is 0. The summed E-state index contributed by atoms with van der Waals surface area (Å²) >= 11 is 1.61. The van der Waals surface area contributed by atoms with Gasteiger partial charge in [0.05, 0.1) is 23.2 Å². The van der Waals surface area contributed by atoms with Crippen LogP contribution in [0.2, 0.25) is 0 Å². The van der Waals surface area contributed by atoms with Crippen molar-refractivity contribution in [2.24, 2.45) is 11.8 Å². The van der Waals surface area contributed by atoms with Crippen LogP contribution in [0, 0.1) is 11.8 Å². The van der Waals surface area contributed by atoms with Gasteiger partial charge in [0.15, 0.2) is 0 Å². The van der Waals surface area contributed by atoms with E-state index < -0.39 is 32.9 Å². The molecule has 1 aromatic rings. The van der Waals surface area contributed by atoms with Crippen LogP contribution in [-0.2, 0) is 14.4 Å². The lowest BCUT2D eigenvalue weighted by molar-refractivity contribution is -0.145. The topological polar surface area (TPSA) is 90.4 Å². The minimum atomic E-state index is -0.855. The van der Waals surface area contributed by atoms with Crippen LogP contribution in [0.1, 0.15) is 53.9 Å². The third-order valence-corrected chi connectivity index (χ3v) is 10.7. The van der Waals surface area contributed by atoms with Gasteiger partial charge in [0.2, 0.25) is 17.7 Å². The molecule has 2 fully saturated rings. The highest BCUT2D eigenvalue weighted by Crippen LogP contribution is 2.65. The first-order chi connectivity index (χ1) is 19.5. The molecule has 9 heteroatoms. The number of unbranched alkanes of at least 4 members (excludes halogenated alkanes) is 2.